The summed E-state index contributed by atoms with van der Waals surface area (Å²) >= 11 is 6.02. The Morgan fingerprint density at radius 1 is 1.07 bits per heavy atom. The van der Waals surface area contributed by atoms with Crippen molar-refractivity contribution >= 4 is 23.2 Å². The lowest BCUT2D eigenvalue weighted by Crippen LogP contribution is -2.18. The average Bonchev–Trinajstić information content (AvgIpc) is 3.31. The minimum absolute atomic E-state index is 0.131. The number of para-hydroxylation sites is 1. The van der Waals surface area contributed by atoms with E-state index in [0.29, 0.717) is 22.4 Å². The van der Waals surface area contributed by atoms with Crippen molar-refractivity contribution in [3.05, 3.63) is 77.9 Å². The van der Waals surface area contributed by atoms with Crippen molar-refractivity contribution in [3.63, 3.8) is 0 Å². The topological polar surface area (TPSA) is 73.0 Å². The molecule has 0 unspecified atom stereocenters. The van der Waals surface area contributed by atoms with Crippen LogP contribution in [-0.4, -0.2) is 20.6 Å². The van der Waals surface area contributed by atoms with E-state index in [4.69, 9.17) is 16.1 Å². The van der Waals surface area contributed by atoms with Crippen LogP contribution in [0.25, 0.3) is 23.0 Å². The van der Waals surface area contributed by atoms with Crippen molar-refractivity contribution in [2.24, 2.45) is 0 Å². The number of carbonyl (C=O) groups is 1. The van der Waals surface area contributed by atoms with Crippen molar-refractivity contribution < 1.29 is 9.32 Å². The van der Waals surface area contributed by atoms with Gasteiger partial charge in [-0.1, -0.05) is 47.1 Å². The van der Waals surface area contributed by atoms with Crippen LogP contribution in [-0.2, 0) is 11.3 Å². The second kappa shape index (κ2) is 7.47. The lowest BCUT2D eigenvalue weighted by Gasteiger charge is -2.07. The summed E-state index contributed by atoms with van der Waals surface area (Å²) in [4.78, 5) is 16.7. The Morgan fingerprint density at radius 2 is 1.93 bits per heavy atom. The van der Waals surface area contributed by atoms with Gasteiger partial charge in [0.1, 0.15) is 12.2 Å². The molecule has 4 rings (SSSR count). The summed E-state index contributed by atoms with van der Waals surface area (Å²) in [5.41, 5.74) is 2.17. The molecule has 0 radical (unpaired) electrons. The lowest BCUT2D eigenvalue weighted by molar-refractivity contribution is -0.116. The molecule has 1 amide bonds. The summed E-state index contributed by atoms with van der Waals surface area (Å²) in [6.45, 7) is 0.131. The molecule has 0 bridgehead atoms. The molecule has 0 saturated carbocycles. The number of rotatable bonds is 5. The highest BCUT2D eigenvalue weighted by Gasteiger charge is 2.15. The van der Waals surface area contributed by atoms with E-state index in [-0.39, 0.29) is 12.5 Å². The van der Waals surface area contributed by atoms with Crippen LogP contribution in [0.5, 0.6) is 0 Å². The molecular weight excluding hydrogens is 364 g/mol. The monoisotopic (exact) mass is 378 g/mol. The van der Waals surface area contributed by atoms with Gasteiger partial charge in [0.15, 0.2) is 0 Å². The molecule has 7 heteroatoms. The minimum Gasteiger partial charge on any atom is -0.334 e. The van der Waals surface area contributed by atoms with Crippen molar-refractivity contribution in [1.29, 1.82) is 0 Å². The van der Waals surface area contributed by atoms with E-state index in [0.717, 1.165) is 11.3 Å². The van der Waals surface area contributed by atoms with E-state index in [1.54, 1.807) is 22.9 Å². The molecule has 2 aromatic heterocycles. The SMILES string of the molecule is O=C(Cn1cccc1-c1nc(-c2cccc(Cl)c2)no1)Nc1ccccc1. The van der Waals surface area contributed by atoms with Gasteiger partial charge in [-0.15, -0.1) is 0 Å². The van der Waals surface area contributed by atoms with Gasteiger partial charge in [0.2, 0.25) is 11.7 Å². The fourth-order valence-electron chi connectivity index (χ4n) is 2.70. The summed E-state index contributed by atoms with van der Waals surface area (Å²) in [6, 6.07) is 20.2. The summed E-state index contributed by atoms with van der Waals surface area (Å²) in [6.07, 6.45) is 1.79. The Balaban J connectivity index is 1.53. The number of nitrogens with zero attached hydrogens (tertiary/aromatic N) is 3. The van der Waals surface area contributed by atoms with Gasteiger partial charge in [-0.05, 0) is 36.4 Å². The van der Waals surface area contributed by atoms with Crippen molar-refractivity contribution in [3.8, 4) is 23.0 Å². The minimum atomic E-state index is -0.145. The summed E-state index contributed by atoms with van der Waals surface area (Å²) < 4.78 is 7.14. The average molecular weight is 379 g/mol. The van der Waals surface area contributed by atoms with Gasteiger partial charge in [-0.2, -0.15) is 4.98 Å². The molecule has 0 spiro atoms. The zero-order valence-electron chi connectivity index (χ0n) is 14.2. The molecule has 2 aromatic carbocycles. The van der Waals surface area contributed by atoms with Crippen LogP contribution in [0.3, 0.4) is 0 Å². The molecule has 1 N–H and O–H groups in total. The summed E-state index contributed by atoms with van der Waals surface area (Å²) in [5, 5.41) is 7.47. The number of hydrogen-bond donors (Lipinski definition) is 1. The van der Waals surface area contributed by atoms with Crippen molar-refractivity contribution in [2.75, 3.05) is 5.32 Å². The Bertz CT molecular complexity index is 1070. The Morgan fingerprint density at radius 3 is 2.74 bits per heavy atom. The third-order valence-corrected chi connectivity index (χ3v) is 4.16. The highest BCUT2D eigenvalue weighted by molar-refractivity contribution is 6.30. The second-order valence-corrected chi connectivity index (χ2v) is 6.31. The van der Waals surface area contributed by atoms with E-state index in [1.807, 2.05) is 54.6 Å². The fourth-order valence-corrected chi connectivity index (χ4v) is 2.89. The zero-order valence-corrected chi connectivity index (χ0v) is 14.9. The number of hydrogen-bond acceptors (Lipinski definition) is 4. The number of nitrogens with one attached hydrogen (secondary N) is 1. The molecule has 0 saturated heterocycles. The maximum atomic E-state index is 12.3. The first-order valence-corrected chi connectivity index (χ1v) is 8.67. The molecule has 0 fully saturated rings. The molecular formula is C20H15ClN4O2. The molecule has 4 aromatic rings. The normalized spacial score (nSPS) is 10.7. The van der Waals surface area contributed by atoms with Crippen molar-refractivity contribution in [2.45, 2.75) is 6.54 Å². The molecule has 6 nitrogen and oxygen atoms in total. The predicted molar refractivity (Wildman–Crippen MR) is 103 cm³/mol. The van der Waals surface area contributed by atoms with Gasteiger partial charge in [-0.3, -0.25) is 4.79 Å². The van der Waals surface area contributed by atoms with Gasteiger partial charge in [0.05, 0.1) is 0 Å². The number of carbonyl (C=O) groups excluding carboxylic acids is 1. The van der Waals surface area contributed by atoms with E-state index in [9.17, 15) is 4.79 Å². The lowest BCUT2D eigenvalue weighted by atomic mass is 10.2. The van der Waals surface area contributed by atoms with Gasteiger partial charge < -0.3 is 14.4 Å². The zero-order chi connectivity index (χ0) is 18.6. The second-order valence-electron chi connectivity index (χ2n) is 5.87. The van der Waals surface area contributed by atoms with Gasteiger partial charge >= 0.3 is 0 Å². The van der Waals surface area contributed by atoms with Gasteiger partial charge in [-0.25, -0.2) is 0 Å². The number of benzene rings is 2. The Kier molecular flexibility index (Phi) is 4.72. The molecule has 27 heavy (non-hydrogen) atoms. The Labute approximate surface area is 160 Å². The van der Waals surface area contributed by atoms with Crippen molar-refractivity contribution in [1.82, 2.24) is 14.7 Å². The predicted octanol–water partition coefficient (Wildman–Crippen LogP) is 4.50. The number of anilines is 1. The molecule has 0 aliphatic carbocycles. The van der Waals surface area contributed by atoms with E-state index < -0.39 is 0 Å². The molecule has 0 aliphatic heterocycles. The summed E-state index contributed by atoms with van der Waals surface area (Å²) in [7, 11) is 0. The largest absolute Gasteiger partial charge is 0.334 e. The molecule has 134 valence electrons. The van der Waals surface area contributed by atoms with Crippen LogP contribution in [0.4, 0.5) is 5.69 Å². The van der Waals surface area contributed by atoms with Crippen LogP contribution in [0.2, 0.25) is 5.02 Å². The summed E-state index contributed by atoms with van der Waals surface area (Å²) in [5.74, 6) is 0.629. The number of amides is 1. The van der Waals surface area contributed by atoms with Crippen LogP contribution in [0.1, 0.15) is 0 Å². The maximum Gasteiger partial charge on any atom is 0.274 e. The third-order valence-electron chi connectivity index (χ3n) is 3.93. The molecule has 0 atom stereocenters. The van der Waals surface area contributed by atoms with E-state index in [1.165, 1.54) is 0 Å². The maximum absolute atomic E-state index is 12.3. The number of halogens is 1. The standard InChI is InChI=1S/C20H15ClN4O2/c21-15-7-4-6-14(12-15)19-23-20(27-24-19)17-10-5-11-25(17)13-18(26)22-16-8-2-1-3-9-16/h1-12H,13H2,(H,22,26). The Hall–Kier alpha value is -3.38. The van der Waals surface area contributed by atoms with Crippen LogP contribution >= 0.6 is 11.6 Å². The highest BCUT2D eigenvalue weighted by Crippen LogP contribution is 2.24. The van der Waals surface area contributed by atoms with Crippen LogP contribution in [0.15, 0.2) is 77.4 Å². The first-order valence-electron chi connectivity index (χ1n) is 8.29. The first kappa shape index (κ1) is 17.1. The highest BCUT2D eigenvalue weighted by atomic mass is 35.5. The quantitative estimate of drug-likeness (QED) is 0.555. The fraction of sp³-hybridized carbons (Fsp3) is 0.0500. The van der Waals surface area contributed by atoms with Crippen LogP contribution < -0.4 is 5.32 Å². The van der Waals surface area contributed by atoms with Crippen LogP contribution in [0, 0.1) is 0 Å². The molecule has 2 heterocycles. The van der Waals surface area contributed by atoms with Gasteiger partial charge in [0.25, 0.3) is 5.89 Å². The van der Waals surface area contributed by atoms with E-state index >= 15 is 0 Å². The van der Waals surface area contributed by atoms with Gasteiger partial charge in [0, 0.05) is 22.5 Å². The third kappa shape index (κ3) is 3.91. The first-order chi connectivity index (χ1) is 13.2. The number of aromatic nitrogens is 3. The smallest absolute Gasteiger partial charge is 0.274 e. The van der Waals surface area contributed by atoms with E-state index in [2.05, 4.69) is 15.5 Å². The molecule has 0 aliphatic rings.